The van der Waals surface area contributed by atoms with E-state index in [9.17, 15) is 13.2 Å². The number of hydrogen-bond donors (Lipinski definition) is 0. The van der Waals surface area contributed by atoms with Gasteiger partial charge in [0.25, 0.3) is 0 Å². The van der Waals surface area contributed by atoms with Crippen LogP contribution in [0.2, 0.25) is 0 Å². The topological polar surface area (TPSA) is 92.7 Å². The van der Waals surface area contributed by atoms with Crippen molar-refractivity contribution in [2.24, 2.45) is 5.41 Å². The number of para-hydroxylation sites is 1. The Hall–Kier alpha value is -2.52. The molecule has 0 bridgehead atoms. The van der Waals surface area contributed by atoms with Crippen molar-refractivity contribution in [2.75, 3.05) is 32.4 Å². The first-order valence-corrected chi connectivity index (χ1v) is 12.9. The third kappa shape index (κ3) is 5.10. The standard InChI is InChI=1S/C23H30N4O4S/c1-23(11-7-13-27(17-23)32(2,29)30)22(28)26-12-6-8-18(16-26)20-14-24-15-21(25-20)31-19-9-4-3-5-10-19/h3-5,9-10,14-15,18H,6-8,11-13,16-17H2,1-2H3. The van der Waals surface area contributed by atoms with Crippen molar-refractivity contribution in [3.8, 4) is 11.6 Å². The number of rotatable bonds is 5. The zero-order valence-electron chi connectivity index (χ0n) is 18.6. The third-order valence-corrected chi connectivity index (χ3v) is 7.62. The Labute approximate surface area is 189 Å². The van der Waals surface area contributed by atoms with E-state index in [0.717, 1.165) is 18.5 Å². The fourth-order valence-corrected chi connectivity index (χ4v) is 5.63. The molecule has 0 N–H and O–H groups in total. The van der Waals surface area contributed by atoms with Gasteiger partial charge in [-0.2, -0.15) is 0 Å². The molecule has 2 unspecified atom stereocenters. The van der Waals surface area contributed by atoms with E-state index in [0.29, 0.717) is 44.1 Å². The van der Waals surface area contributed by atoms with Crippen LogP contribution in [0.15, 0.2) is 42.7 Å². The maximum absolute atomic E-state index is 13.5. The minimum Gasteiger partial charge on any atom is -0.437 e. The number of hydrogen-bond acceptors (Lipinski definition) is 6. The molecular formula is C23H30N4O4S. The zero-order valence-corrected chi connectivity index (χ0v) is 19.4. The molecule has 0 spiro atoms. The summed E-state index contributed by atoms with van der Waals surface area (Å²) >= 11 is 0. The zero-order chi connectivity index (χ0) is 22.8. The highest BCUT2D eigenvalue weighted by Crippen LogP contribution is 2.35. The van der Waals surface area contributed by atoms with Gasteiger partial charge in [0, 0.05) is 38.3 Å². The molecule has 172 valence electrons. The van der Waals surface area contributed by atoms with Gasteiger partial charge in [-0.1, -0.05) is 18.2 Å². The van der Waals surface area contributed by atoms with Gasteiger partial charge in [-0.15, -0.1) is 0 Å². The molecule has 2 aromatic rings. The van der Waals surface area contributed by atoms with Crippen LogP contribution in [0, 0.1) is 5.41 Å². The summed E-state index contributed by atoms with van der Waals surface area (Å²) in [7, 11) is -3.32. The second kappa shape index (κ2) is 9.15. The minimum atomic E-state index is -3.32. The van der Waals surface area contributed by atoms with E-state index in [1.54, 1.807) is 12.4 Å². The fourth-order valence-electron chi connectivity index (χ4n) is 4.65. The number of sulfonamides is 1. The highest BCUT2D eigenvalue weighted by molar-refractivity contribution is 7.88. The maximum atomic E-state index is 13.5. The van der Waals surface area contributed by atoms with Crippen LogP contribution in [0.3, 0.4) is 0 Å². The van der Waals surface area contributed by atoms with Gasteiger partial charge in [0.05, 0.1) is 23.6 Å². The smallest absolute Gasteiger partial charge is 0.238 e. The van der Waals surface area contributed by atoms with E-state index in [2.05, 4.69) is 9.97 Å². The highest BCUT2D eigenvalue weighted by atomic mass is 32.2. The number of piperidine rings is 2. The summed E-state index contributed by atoms with van der Waals surface area (Å²) in [5.41, 5.74) is 0.107. The van der Waals surface area contributed by atoms with Crippen LogP contribution in [0.5, 0.6) is 11.6 Å². The summed E-state index contributed by atoms with van der Waals surface area (Å²) in [5, 5.41) is 0. The van der Waals surface area contributed by atoms with E-state index >= 15 is 0 Å². The molecule has 2 aliphatic heterocycles. The number of amides is 1. The lowest BCUT2D eigenvalue weighted by Crippen LogP contribution is -2.54. The van der Waals surface area contributed by atoms with Gasteiger partial charge < -0.3 is 9.64 Å². The van der Waals surface area contributed by atoms with E-state index in [4.69, 9.17) is 4.74 Å². The van der Waals surface area contributed by atoms with Crippen molar-refractivity contribution in [2.45, 2.75) is 38.5 Å². The Kier molecular flexibility index (Phi) is 6.48. The number of carbonyl (C=O) groups excluding carboxylic acids is 1. The predicted octanol–water partition coefficient (Wildman–Crippen LogP) is 3.04. The van der Waals surface area contributed by atoms with Crippen molar-refractivity contribution in [1.82, 2.24) is 19.2 Å². The number of nitrogens with zero attached hydrogens (tertiary/aromatic N) is 4. The van der Waals surface area contributed by atoms with Gasteiger partial charge in [0.2, 0.25) is 21.8 Å². The number of aromatic nitrogens is 2. The molecule has 0 radical (unpaired) electrons. The average Bonchev–Trinajstić information content (AvgIpc) is 2.79. The van der Waals surface area contributed by atoms with Gasteiger partial charge in [0.1, 0.15) is 5.75 Å². The largest absolute Gasteiger partial charge is 0.437 e. The molecule has 2 atom stereocenters. The van der Waals surface area contributed by atoms with Crippen LogP contribution in [0.1, 0.15) is 44.2 Å². The second-order valence-electron chi connectivity index (χ2n) is 9.05. The number of benzene rings is 1. The molecule has 2 fully saturated rings. The van der Waals surface area contributed by atoms with E-state index in [-0.39, 0.29) is 18.4 Å². The van der Waals surface area contributed by atoms with E-state index in [1.807, 2.05) is 42.2 Å². The summed E-state index contributed by atoms with van der Waals surface area (Å²) in [6, 6.07) is 9.44. The molecule has 8 nitrogen and oxygen atoms in total. The highest BCUT2D eigenvalue weighted by Gasteiger charge is 2.43. The molecule has 1 amide bonds. The van der Waals surface area contributed by atoms with Crippen molar-refractivity contribution in [3.63, 3.8) is 0 Å². The van der Waals surface area contributed by atoms with Crippen LogP contribution >= 0.6 is 0 Å². The van der Waals surface area contributed by atoms with Gasteiger partial charge in [0.15, 0.2) is 0 Å². The lowest BCUT2D eigenvalue weighted by atomic mass is 9.80. The summed E-state index contributed by atoms with van der Waals surface area (Å²) < 4.78 is 31.4. The summed E-state index contributed by atoms with van der Waals surface area (Å²) in [6.45, 7) is 3.85. The number of likely N-dealkylation sites (tertiary alicyclic amines) is 1. The van der Waals surface area contributed by atoms with Crippen LogP contribution in [-0.4, -0.2) is 65.9 Å². The SMILES string of the molecule is CC1(C(=O)N2CCCC(c3cncc(Oc4ccccc4)n3)C2)CCCN(S(C)(=O)=O)C1. The summed E-state index contributed by atoms with van der Waals surface area (Å²) in [6.07, 6.45) is 7.71. The van der Waals surface area contributed by atoms with Gasteiger partial charge in [-0.25, -0.2) is 17.7 Å². The molecule has 0 saturated carbocycles. The first kappa shape index (κ1) is 22.7. The molecule has 0 aliphatic carbocycles. The normalized spacial score (nSPS) is 24.8. The Morgan fingerprint density at radius 3 is 2.69 bits per heavy atom. The van der Waals surface area contributed by atoms with Crippen molar-refractivity contribution >= 4 is 15.9 Å². The molecule has 2 aliphatic rings. The molecule has 1 aromatic carbocycles. The Bertz CT molecular complexity index is 1060. The lowest BCUT2D eigenvalue weighted by Gasteiger charge is -2.43. The quantitative estimate of drug-likeness (QED) is 0.684. The molecule has 2 saturated heterocycles. The van der Waals surface area contributed by atoms with Crippen LogP contribution in [-0.2, 0) is 14.8 Å². The first-order chi connectivity index (χ1) is 15.2. The summed E-state index contributed by atoms with van der Waals surface area (Å²) in [5.74, 6) is 1.22. The van der Waals surface area contributed by atoms with E-state index in [1.165, 1.54) is 10.6 Å². The van der Waals surface area contributed by atoms with Crippen molar-refractivity contribution in [1.29, 1.82) is 0 Å². The Balaban J connectivity index is 1.46. The van der Waals surface area contributed by atoms with Crippen molar-refractivity contribution < 1.29 is 17.9 Å². The molecule has 4 rings (SSSR count). The Morgan fingerprint density at radius 1 is 1.16 bits per heavy atom. The van der Waals surface area contributed by atoms with Crippen molar-refractivity contribution in [3.05, 3.63) is 48.4 Å². The fraction of sp³-hybridized carbons (Fsp3) is 0.522. The molecular weight excluding hydrogens is 428 g/mol. The first-order valence-electron chi connectivity index (χ1n) is 11.0. The maximum Gasteiger partial charge on any atom is 0.238 e. The monoisotopic (exact) mass is 458 g/mol. The van der Waals surface area contributed by atoms with Crippen LogP contribution in [0.4, 0.5) is 0 Å². The lowest BCUT2D eigenvalue weighted by molar-refractivity contribution is -0.144. The van der Waals surface area contributed by atoms with Crippen LogP contribution < -0.4 is 4.74 Å². The van der Waals surface area contributed by atoms with Gasteiger partial charge in [-0.05, 0) is 44.7 Å². The van der Waals surface area contributed by atoms with Gasteiger partial charge >= 0.3 is 0 Å². The van der Waals surface area contributed by atoms with Crippen LogP contribution in [0.25, 0.3) is 0 Å². The average molecular weight is 459 g/mol. The number of ether oxygens (including phenoxy) is 1. The predicted molar refractivity (Wildman–Crippen MR) is 121 cm³/mol. The molecule has 9 heteroatoms. The molecule has 32 heavy (non-hydrogen) atoms. The third-order valence-electron chi connectivity index (χ3n) is 6.37. The Morgan fingerprint density at radius 2 is 1.94 bits per heavy atom. The summed E-state index contributed by atoms with van der Waals surface area (Å²) in [4.78, 5) is 24.3. The number of carbonyl (C=O) groups is 1. The van der Waals surface area contributed by atoms with E-state index < -0.39 is 15.4 Å². The minimum absolute atomic E-state index is 0.0280. The molecule has 1 aromatic heterocycles. The molecule has 3 heterocycles. The second-order valence-corrected chi connectivity index (χ2v) is 11.0. The van der Waals surface area contributed by atoms with Gasteiger partial charge in [-0.3, -0.25) is 9.78 Å².